The van der Waals surface area contributed by atoms with Gasteiger partial charge in [-0.1, -0.05) is 17.7 Å². The fourth-order valence-corrected chi connectivity index (χ4v) is 1.64. The van der Waals surface area contributed by atoms with Gasteiger partial charge < -0.3 is 9.47 Å². The third kappa shape index (κ3) is 3.31. The molecular formula is C15H15NO3. The number of hydrogen-bond donors (Lipinski definition) is 0. The summed E-state index contributed by atoms with van der Waals surface area (Å²) in [6.07, 6.45) is 1.63. The molecule has 4 nitrogen and oxygen atoms in total. The predicted molar refractivity (Wildman–Crippen MR) is 71.1 cm³/mol. The molecule has 2 aromatic rings. The minimum absolute atomic E-state index is 0.230. The first-order valence-electron chi connectivity index (χ1n) is 5.92. The van der Waals surface area contributed by atoms with Crippen LogP contribution in [0.4, 0.5) is 0 Å². The fraction of sp³-hybridized carbons (Fsp3) is 0.200. The molecule has 0 saturated heterocycles. The number of pyridine rings is 1. The maximum Gasteiger partial charge on any atom is 0.339 e. The van der Waals surface area contributed by atoms with E-state index in [1.54, 1.807) is 18.3 Å². The summed E-state index contributed by atoms with van der Waals surface area (Å²) < 4.78 is 10.3. The second-order valence-corrected chi connectivity index (χ2v) is 4.09. The molecule has 1 aromatic carbocycles. The molecule has 98 valence electrons. The molecule has 0 aliphatic heterocycles. The number of carbonyl (C=O) groups excluding carboxylic acids is 1. The van der Waals surface area contributed by atoms with E-state index in [2.05, 4.69) is 4.98 Å². The zero-order valence-corrected chi connectivity index (χ0v) is 10.9. The third-order valence-electron chi connectivity index (χ3n) is 2.69. The SMILES string of the molecule is COC(=O)c1cccnc1COc1ccc(C)cc1. The molecule has 4 heteroatoms. The van der Waals surface area contributed by atoms with Gasteiger partial charge in [0.2, 0.25) is 0 Å². The Hall–Kier alpha value is -2.36. The fourth-order valence-electron chi connectivity index (χ4n) is 1.64. The van der Waals surface area contributed by atoms with Gasteiger partial charge in [-0.05, 0) is 31.2 Å². The molecule has 0 saturated carbocycles. The molecule has 2 rings (SSSR count). The lowest BCUT2D eigenvalue weighted by molar-refractivity contribution is 0.0597. The third-order valence-corrected chi connectivity index (χ3v) is 2.69. The minimum atomic E-state index is -0.407. The van der Waals surface area contributed by atoms with E-state index in [0.29, 0.717) is 11.3 Å². The van der Waals surface area contributed by atoms with Gasteiger partial charge in [0, 0.05) is 6.20 Å². The monoisotopic (exact) mass is 257 g/mol. The summed E-state index contributed by atoms with van der Waals surface area (Å²) in [6.45, 7) is 2.24. The van der Waals surface area contributed by atoms with Gasteiger partial charge in [0.25, 0.3) is 0 Å². The number of aryl methyl sites for hydroxylation is 1. The molecule has 0 amide bonds. The number of nitrogens with zero attached hydrogens (tertiary/aromatic N) is 1. The molecular weight excluding hydrogens is 242 g/mol. The van der Waals surface area contributed by atoms with Crippen molar-refractivity contribution in [1.29, 1.82) is 0 Å². The number of ether oxygens (including phenoxy) is 2. The topological polar surface area (TPSA) is 48.4 Å². The second kappa shape index (κ2) is 6.00. The van der Waals surface area contributed by atoms with Crippen LogP contribution in [0.3, 0.4) is 0 Å². The highest BCUT2D eigenvalue weighted by Gasteiger charge is 2.12. The van der Waals surface area contributed by atoms with E-state index >= 15 is 0 Å². The van der Waals surface area contributed by atoms with Crippen LogP contribution in [0.5, 0.6) is 5.75 Å². The number of benzene rings is 1. The van der Waals surface area contributed by atoms with Crippen molar-refractivity contribution >= 4 is 5.97 Å². The summed E-state index contributed by atoms with van der Waals surface area (Å²) in [5.74, 6) is 0.336. The summed E-state index contributed by atoms with van der Waals surface area (Å²) in [4.78, 5) is 15.7. The van der Waals surface area contributed by atoms with Gasteiger partial charge in [-0.2, -0.15) is 0 Å². The Labute approximate surface area is 112 Å². The maximum atomic E-state index is 11.6. The second-order valence-electron chi connectivity index (χ2n) is 4.09. The molecule has 1 aromatic heterocycles. The van der Waals surface area contributed by atoms with Gasteiger partial charge in [0.05, 0.1) is 18.4 Å². The van der Waals surface area contributed by atoms with Crippen LogP contribution in [0.1, 0.15) is 21.6 Å². The molecule has 0 unspecified atom stereocenters. The van der Waals surface area contributed by atoms with Gasteiger partial charge in [0.15, 0.2) is 0 Å². The summed E-state index contributed by atoms with van der Waals surface area (Å²) in [5.41, 5.74) is 2.16. The molecule has 0 N–H and O–H groups in total. The number of hydrogen-bond acceptors (Lipinski definition) is 4. The van der Waals surface area contributed by atoms with Crippen molar-refractivity contribution in [3.63, 3.8) is 0 Å². The molecule has 19 heavy (non-hydrogen) atoms. The molecule has 0 bridgehead atoms. The summed E-state index contributed by atoms with van der Waals surface area (Å²) in [6, 6.07) is 11.1. The van der Waals surface area contributed by atoms with Crippen LogP contribution in [0.25, 0.3) is 0 Å². The summed E-state index contributed by atoms with van der Waals surface area (Å²) in [7, 11) is 1.35. The normalized spacial score (nSPS) is 10.0. The molecule has 0 aliphatic carbocycles. The van der Waals surface area contributed by atoms with E-state index in [-0.39, 0.29) is 6.61 Å². The van der Waals surface area contributed by atoms with Crippen molar-refractivity contribution in [3.8, 4) is 5.75 Å². The van der Waals surface area contributed by atoms with Gasteiger partial charge in [-0.3, -0.25) is 4.98 Å². The summed E-state index contributed by atoms with van der Waals surface area (Å²) in [5, 5.41) is 0. The highest BCUT2D eigenvalue weighted by atomic mass is 16.5. The molecule has 0 aliphatic rings. The highest BCUT2D eigenvalue weighted by molar-refractivity contribution is 5.90. The minimum Gasteiger partial charge on any atom is -0.487 e. The lowest BCUT2D eigenvalue weighted by Gasteiger charge is -2.09. The average Bonchev–Trinajstić information content (AvgIpc) is 2.46. The van der Waals surface area contributed by atoms with Crippen LogP contribution in [-0.2, 0) is 11.3 Å². The van der Waals surface area contributed by atoms with Gasteiger partial charge in [0.1, 0.15) is 12.4 Å². The van der Waals surface area contributed by atoms with E-state index in [1.807, 2.05) is 31.2 Å². The largest absolute Gasteiger partial charge is 0.487 e. The number of carbonyl (C=O) groups is 1. The number of rotatable bonds is 4. The Kier molecular flexibility index (Phi) is 4.13. The molecule has 0 radical (unpaired) electrons. The predicted octanol–water partition coefficient (Wildman–Crippen LogP) is 2.76. The molecule has 0 fully saturated rings. The molecule has 0 atom stereocenters. The van der Waals surface area contributed by atoms with Crippen molar-refractivity contribution in [2.75, 3.05) is 7.11 Å². The van der Waals surface area contributed by atoms with Crippen molar-refractivity contribution in [1.82, 2.24) is 4.98 Å². The lowest BCUT2D eigenvalue weighted by atomic mass is 10.2. The van der Waals surface area contributed by atoms with Crippen LogP contribution in [-0.4, -0.2) is 18.1 Å². The van der Waals surface area contributed by atoms with E-state index < -0.39 is 5.97 Å². The van der Waals surface area contributed by atoms with Crippen LogP contribution < -0.4 is 4.74 Å². The van der Waals surface area contributed by atoms with Crippen LogP contribution in [0.15, 0.2) is 42.6 Å². The van der Waals surface area contributed by atoms with Gasteiger partial charge in [-0.25, -0.2) is 4.79 Å². The smallest absolute Gasteiger partial charge is 0.339 e. The quantitative estimate of drug-likeness (QED) is 0.790. The number of esters is 1. The van der Waals surface area contributed by atoms with E-state index in [4.69, 9.17) is 9.47 Å². The van der Waals surface area contributed by atoms with E-state index in [9.17, 15) is 4.79 Å². The molecule has 1 heterocycles. The van der Waals surface area contributed by atoms with E-state index in [1.165, 1.54) is 12.7 Å². The molecule has 0 spiro atoms. The number of methoxy groups -OCH3 is 1. The van der Waals surface area contributed by atoms with Crippen molar-refractivity contribution < 1.29 is 14.3 Å². The van der Waals surface area contributed by atoms with Crippen LogP contribution in [0, 0.1) is 6.92 Å². The zero-order chi connectivity index (χ0) is 13.7. The number of aromatic nitrogens is 1. The van der Waals surface area contributed by atoms with Gasteiger partial charge in [-0.15, -0.1) is 0 Å². The van der Waals surface area contributed by atoms with Crippen LogP contribution >= 0.6 is 0 Å². The average molecular weight is 257 g/mol. The Bertz CT molecular complexity index is 564. The van der Waals surface area contributed by atoms with Crippen LogP contribution in [0.2, 0.25) is 0 Å². The zero-order valence-electron chi connectivity index (χ0n) is 10.9. The first-order valence-corrected chi connectivity index (χ1v) is 5.92. The Morgan fingerprint density at radius 2 is 1.95 bits per heavy atom. The highest BCUT2D eigenvalue weighted by Crippen LogP contribution is 2.15. The lowest BCUT2D eigenvalue weighted by Crippen LogP contribution is -2.09. The Balaban J connectivity index is 2.11. The Morgan fingerprint density at radius 1 is 1.21 bits per heavy atom. The van der Waals surface area contributed by atoms with E-state index in [0.717, 1.165) is 5.75 Å². The Morgan fingerprint density at radius 3 is 2.63 bits per heavy atom. The standard InChI is InChI=1S/C15H15NO3/c1-11-5-7-12(8-6-11)19-10-14-13(15(17)18-2)4-3-9-16-14/h3-9H,10H2,1-2H3. The van der Waals surface area contributed by atoms with Crippen molar-refractivity contribution in [2.45, 2.75) is 13.5 Å². The first-order chi connectivity index (χ1) is 9.20. The maximum absolute atomic E-state index is 11.6. The first kappa shape index (κ1) is 13.1. The van der Waals surface area contributed by atoms with Gasteiger partial charge >= 0.3 is 5.97 Å². The van der Waals surface area contributed by atoms with Crippen molar-refractivity contribution in [2.24, 2.45) is 0 Å². The van der Waals surface area contributed by atoms with Crippen molar-refractivity contribution in [3.05, 3.63) is 59.4 Å². The summed E-state index contributed by atoms with van der Waals surface area (Å²) >= 11 is 0.